The smallest absolute Gasteiger partial charge is 0.223 e. The van der Waals surface area contributed by atoms with Crippen LogP contribution in [0.1, 0.15) is 24.8 Å². The van der Waals surface area contributed by atoms with Gasteiger partial charge in [0.05, 0.1) is 13.2 Å². The summed E-state index contributed by atoms with van der Waals surface area (Å²) in [6, 6.07) is 10.5. The van der Waals surface area contributed by atoms with Crippen LogP contribution in [0.15, 0.2) is 30.3 Å². The molecule has 1 fully saturated rings. The zero-order chi connectivity index (χ0) is 14.2. The van der Waals surface area contributed by atoms with Crippen molar-refractivity contribution in [2.24, 2.45) is 0 Å². The average Bonchev–Trinajstić information content (AvgIpc) is 2.97. The van der Waals surface area contributed by atoms with Crippen molar-refractivity contribution in [3.63, 3.8) is 0 Å². The first-order valence-electron chi connectivity index (χ1n) is 7.35. The first-order valence-corrected chi connectivity index (χ1v) is 7.35. The number of ether oxygens (including phenoxy) is 1. The summed E-state index contributed by atoms with van der Waals surface area (Å²) in [5.41, 5.74) is 1.16. The maximum absolute atomic E-state index is 12.0. The highest BCUT2D eigenvalue weighted by atomic mass is 16.5. The zero-order valence-electron chi connectivity index (χ0n) is 12.2. The number of hydrogen-bond donors (Lipinski definition) is 1. The maximum Gasteiger partial charge on any atom is 0.223 e. The minimum absolute atomic E-state index is 0.202. The van der Waals surface area contributed by atoms with E-state index in [-0.39, 0.29) is 5.91 Å². The molecular formula is C16H24N2O2. The molecule has 0 spiro atoms. The molecule has 0 bridgehead atoms. The molecule has 1 aromatic rings. The van der Waals surface area contributed by atoms with Crippen LogP contribution >= 0.6 is 0 Å². The summed E-state index contributed by atoms with van der Waals surface area (Å²) in [5, 5.41) is 3.35. The van der Waals surface area contributed by atoms with Gasteiger partial charge in [-0.1, -0.05) is 30.3 Å². The molecule has 4 nitrogen and oxygen atoms in total. The Morgan fingerprint density at radius 3 is 2.90 bits per heavy atom. The van der Waals surface area contributed by atoms with Gasteiger partial charge < -0.3 is 15.0 Å². The van der Waals surface area contributed by atoms with Gasteiger partial charge in [-0.05, 0) is 24.9 Å². The number of carbonyl (C=O) groups excluding carboxylic acids is 1. The van der Waals surface area contributed by atoms with Crippen molar-refractivity contribution in [3.05, 3.63) is 35.9 Å². The summed E-state index contributed by atoms with van der Waals surface area (Å²) in [6.07, 6.45) is 2.90. The molecule has 1 saturated heterocycles. The molecule has 20 heavy (non-hydrogen) atoms. The van der Waals surface area contributed by atoms with E-state index < -0.39 is 0 Å². The fraction of sp³-hybridized carbons (Fsp3) is 0.562. The van der Waals surface area contributed by atoms with E-state index in [4.69, 9.17) is 4.74 Å². The van der Waals surface area contributed by atoms with Gasteiger partial charge in [0, 0.05) is 26.1 Å². The molecule has 1 N–H and O–H groups in total. The van der Waals surface area contributed by atoms with E-state index in [0.717, 1.165) is 18.5 Å². The molecule has 1 unspecified atom stereocenters. The van der Waals surface area contributed by atoms with Crippen LogP contribution in [-0.4, -0.2) is 43.6 Å². The molecule has 1 aliphatic rings. The number of carbonyl (C=O) groups is 1. The number of benzene rings is 1. The summed E-state index contributed by atoms with van der Waals surface area (Å²) in [7, 11) is 1.85. The van der Waals surface area contributed by atoms with Gasteiger partial charge in [-0.3, -0.25) is 4.79 Å². The molecule has 1 heterocycles. The summed E-state index contributed by atoms with van der Waals surface area (Å²) in [6.45, 7) is 2.88. The number of nitrogens with one attached hydrogen (secondary N) is 1. The number of rotatable bonds is 7. The highest BCUT2D eigenvalue weighted by Crippen LogP contribution is 2.10. The fourth-order valence-corrected chi connectivity index (χ4v) is 2.39. The van der Waals surface area contributed by atoms with Crippen LogP contribution in [0.3, 0.4) is 0 Å². The van der Waals surface area contributed by atoms with Crippen molar-refractivity contribution in [1.82, 2.24) is 10.2 Å². The molecule has 1 aliphatic heterocycles. The monoisotopic (exact) mass is 276 g/mol. The summed E-state index contributed by atoms with van der Waals surface area (Å²) >= 11 is 0. The van der Waals surface area contributed by atoms with Gasteiger partial charge in [-0.25, -0.2) is 0 Å². The Morgan fingerprint density at radius 2 is 2.20 bits per heavy atom. The van der Waals surface area contributed by atoms with Gasteiger partial charge in [0.25, 0.3) is 0 Å². The van der Waals surface area contributed by atoms with E-state index in [1.54, 1.807) is 4.90 Å². The number of hydrogen-bond acceptors (Lipinski definition) is 3. The lowest BCUT2D eigenvalue weighted by Crippen LogP contribution is -2.35. The predicted molar refractivity (Wildman–Crippen MR) is 79.4 cm³/mol. The molecular weight excluding hydrogens is 252 g/mol. The van der Waals surface area contributed by atoms with Crippen molar-refractivity contribution in [2.45, 2.75) is 31.9 Å². The summed E-state index contributed by atoms with van der Waals surface area (Å²) in [5.74, 6) is 0.202. The lowest BCUT2D eigenvalue weighted by molar-refractivity contribution is -0.131. The molecule has 1 amide bonds. The van der Waals surface area contributed by atoms with Crippen LogP contribution in [-0.2, 0) is 16.1 Å². The second-order valence-corrected chi connectivity index (χ2v) is 5.35. The minimum atomic E-state index is 0.202. The van der Waals surface area contributed by atoms with Crippen molar-refractivity contribution in [1.29, 1.82) is 0 Å². The largest absolute Gasteiger partial charge is 0.375 e. The van der Waals surface area contributed by atoms with Crippen molar-refractivity contribution in [3.8, 4) is 0 Å². The maximum atomic E-state index is 12.0. The van der Waals surface area contributed by atoms with Crippen LogP contribution in [0.5, 0.6) is 0 Å². The lowest BCUT2D eigenvalue weighted by atomic mass is 10.1. The second kappa shape index (κ2) is 8.02. The topological polar surface area (TPSA) is 41.6 Å². The molecule has 4 heteroatoms. The van der Waals surface area contributed by atoms with E-state index in [9.17, 15) is 4.79 Å². The molecule has 1 atom stereocenters. The SMILES string of the molecule is CN(CCOCc1ccccc1)C(=O)CC1CCCN1. The molecule has 1 aromatic carbocycles. The van der Waals surface area contributed by atoms with E-state index in [1.165, 1.54) is 6.42 Å². The van der Waals surface area contributed by atoms with Gasteiger partial charge >= 0.3 is 0 Å². The van der Waals surface area contributed by atoms with Gasteiger partial charge in [-0.15, -0.1) is 0 Å². The minimum Gasteiger partial charge on any atom is -0.375 e. The Labute approximate surface area is 121 Å². The molecule has 0 saturated carbocycles. The first kappa shape index (κ1) is 15.0. The normalized spacial score (nSPS) is 18.1. The number of nitrogens with zero attached hydrogens (tertiary/aromatic N) is 1. The Kier molecular flexibility index (Phi) is 6.02. The number of likely N-dealkylation sites (N-methyl/N-ethyl adjacent to an activating group) is 1. The van der Waals surface area contributed by atoms with Crippen molar-refractivity contribution in [2.75, 3.05) is 26.7 Å². The third kappa shape index (κ3) is 4.94. The van der Waals surface area contributed by atoms with Gasteiger partial charge in [0.15, 0.2) is 0 Å². The van der Waals surface area contributed by atoms with Crippen LogP contribution < -0.4 is 5.32 Å². The highest BCUT2D eigenvalue weighted by molar-refractivity contribution is 5.76. The van der Waals surface area contributed by atoms with E-state index in [2.05, 4.69) is 5.32 Å². The van der Waals surface area contributed by atoms with Gasteiger partial charge in [-0.2, -0.15) is 0 Å². The Hall–Kier alpha value is -1.39. The average molecular weight is 276 g/mol. The van der Waals surface area contributed by atoms with Crippen LogP contribution in [0, 0.1) is 0 Å². The zero-order valence-corrected chi connectivity index (χ0v) is 12.2. The van der Waals surface area contributed by atoms with E-state index >= 15 is 0 Å². The summed E-state index contributed by atoms with van der Waals surface area (Å²) in [4.78, 5) is 13.8. The van der Waals surface area contributed by atoms with Crippen molar-refractivity contribution < 1.29 is 9.53 Å². The fourth-order valence-electron chi connectivity index (χ4n) is 2.39. The quantitative estimate of drug-likeness (QED) is 0.772. The molecule has 110 valence electrons. The molecule has 0 aliphatic carbocycles. The third-order valence-electron chi connectivity index (χ3n) is 3.69. The van der Waals surface area contributed by atoms with E-state index in [1.807, 2.05) is 37.4 Å². The van der Waals surface area contributed by atoms with Gasteiger partial charge in [0.2, 0.25) is 5.91 Å². The lowest BCUT2D eigenvalue weighted by Gasteiger charge is -2.19. The Balaban J connectivity index is 1.59. The van der Waals surface area contributed by atoms with Crippen molar-refractivity contribution >= 4 is 5.91 Å². The van der Waals surface area contributed by atoms with Crippen LogP contribution in [0.25, 0.3) is 0 Å². The third-order valence-corrected chi connectivity index (χ3v) is 3.69. The molecule has 2 rings (SSSR count). The molecule has 0 aromatic heterocycles. The summed E-state index contributed by atoms with van der Waals surface area (Å²) < 4.78 is 5.60. The van der Waals surface area contributed by atoms with E-state index in [0.29, 0.717) is 32.2 Å². The van der Waals surface area contributed by atoms with Crippen LogP contribution in [0.4, 0.5) is 0 Å². The highest BCUT2D eigenvalue weighted by Gasteiger charge is 2.19. The number of amides is 1. The second-order valence-electron chi connectivity index (χ2n) is 5.35. The Morgan fingerprint density at radius 1 is 1.40 bits per heavy atom. The molecule has 0 radical (unpaired) electrons. The standard InChI is InChI=1S/C16H24N2O2/c1-18(16(19)12-15-8-5-9-17-15)10-11-20-13-14-6-3-2-4-7-14/h2-4,6-7,15,17H,5,8-13H2,1H3. The van der Waals surface area contributed by atoms with Gasteiger partial charge in [0.1, 0.15) is 0 Å². The predicted octanol–water partition coefficient (Wildman–Crippen LogP) is 1.80. The van der Waals surface area contributed by atoms with Crippen LogP contribution in [0.2, 0.25) is 0 Å². The Bertz CT molecular complexity index is 402. The first-order chi connectivity index (χ1) is 9.75.